The van der Waals surface area contributed by atoms with E-state index in [-0.39, 0.29) is 18.1 Å². The molecule has 3 N–H and O–H groups in total. The van der Waals surface area contributed by atoms with Crippen LogP contribution in [0.25, 0.3) is 0 Å². The number of carbonyl (C=O) groups is 2. The maximum Gasteiger partial charge on any atom is 0.405 e. The van der Waals surface area contributed by atoms with Crippen molar-refractivity contribution in [2.75, 3.05) is 6.61 Å². The molecule has 2 amide bonds. The van der Waals surface area contributed by atoms with Gasteiger partial charge >= 0.3 is 6.09 Å². The van der Waals surface area contributed by atoms with Gasteiger partial charge in [0.1, 0.15) is 11.4 Å². The SMILES string of the molecule is NC(=O)OC12CC(NC(=O)COc3ccc(Cl)cc3)(C1)C2. The quantitative estimate of drug-likeness (QED) is 0.864. The average Bonchev–Trinajstić information content (AvgIpc) is 2.33. The second kappa shape index (κ2) is 4.80. The van der Waals surface area contributed by atoms with Gasteiger partial charge in [-0.1, -0.05) is 11.6 Å². The summed E-state index contributed by atoms with van der Waals surface area (Å²) < 4.78 is 10.4. The minimum atomic E-state index is -0.763. The third kappa shape index (κ3) is 2.76. The zero-order valence-electron chi connectivity index (χ0n) is 11.2. The molecule has 0 radical (unpaired) electrons. The number of hydrogen-bond donors (Lipinski definition) is 2. The Balaban J connectivity index is 1.42. The fraction of sp³-hybridized carbons (Fsp3) is 0.429. The highest BCUT2D eigenvalue weighted by Crippen LogP contribution is 2.62. The summed E-state index contributed by atoms with van der Waals surface area (Å²) in [6.07, 6.45) is 1.10. The Labute approximate surface area is 126 Å². The first-order valence-corrected chi connectivity index (χ1v) is 6.96. The van der Waals surface area contributed by atoms with Crippen LogP contribution in [0.15, 0.2) is 24.3 Å². The minimum Gasteiger partial charge on any atom is -0.484 e. The largest absolute Gasteiger partial charge is 0.484 e. The third-order valence-corrected chi connectivity index (χ3v) is 4.14. The Kier molecular flexibility index (Phi) is 3.20. The van der Waals surface area contributed by atoms with E-state index in [0.717, 1.165) is 0 Å². The van der Waals surface area contributed by atoms with E-state index < -0.39 is 11.7 Å². The van der Waals surface area contributed by atoms with Gasteiger partial charge in [-0.2, -0.15) is 0 Å². The van der Waals surface area contributed by atoms with Crippen molar-refractivity contribution in [1.82, 2.24) is 5.32 Å². The highest BCUT2D eigenvalue weighted by atomic mass is 35.5. The lowest BCUT2D eigenvalue weighted by Gasteiger charge is -2.68. The molecule has 1 aromatic rings. The number of amides is 2. The van der Waals surface area contributed by atoms with Gasteiger partial charge in [-0.3, -0.25) is 4.79 Å². The smallest absolute Gasteiger partial charge is 0.405 e. The van der Waals surface area contributed by atoms with E-state index >= 15 is 0 Å². The van der Waals surface area contributed by atoms with Crippen molar-refractivity contribution in [2.24, 2.45) is 5.73 Å². The standard InChI is InChI=1S/C14H15ClN2O4/c15-9-1-3-10(4-2-9)20-5-11(18)17-13-6-14(7-13,8-13)21-12(16)19/h1-4H,5-8H2,(H2,16,19)(H,17,18). The molecule has 6 nitrogen and oxygen atoms in total. The summed E-state index contributed by atoms with van der Waals surface area (Å²) in [4.78, 5) is 22.6. The second-order valence-electron chi connectivity index (χ2n) is 5.71. The molecule has 0 heterocycles. The Morgan fingerprint density at radius 2 is 1.86 bits per heavy atom. The molecule has 0 spiro atoms. The van der Waals surface area contributed by atoms with Crippen LogP contribution < -0.4 is 15.8 Å². The van der Waals surface area contributed by atoms with Gasteiger partial charge in [-0.25, -0.2) is 4.79 Å². The van der Waals surface area contributed by atoms with E-state index in [1.54, 1.807) is 24.3 Å². The number of primary amides is 1. The third-order valence-electron chi connectivity index (χ3n) is 3.89. The highest BCUT2D eigenvalue weighted by Gasteiger charge is 2.71. The summed E-state index contributed by atoms with van der Waals surface area (Å²) >= 11 is 5.76. The predicted molar refractivity (Wildman–Crippen MR) is 75.1 cm³/mol. The molecule has 0 unspecified atom stereocenters. The molecular weight excluding hydrogens is 296 g/mol. The molecule has 0 aromatic heterocycles. The van der Waals surface area contributed by atoms with Gasteiger partial charge in [0.05, 0.1) is 5.54 Å². The van der Waals surface area contributed by atoms with E-state index in [0.29, 0.717) is 30.0 Å². The number of nitrogens with two attached hydrogens (primary N) is 1. The summed E-state index contributed by atoms with van der Waals surface area (Å²) in [5.74, 6) is 0.387. The van der Waals surface area contributed by atoms with Crippen LogP contribution in [0.1, 0.15) is 19.3 Å². The fourth-order valence-corrected chi connectivity index (χ4v) is 3.29. The van der Waals surface area contributed by atoms with Crippen LogP contribution in [-0.4, -0.2) is 29.7 Å². The van der Waals surface area contributed by atoms with Gasteiger partial charge in [0.2, 0.25) is 0 Å². The second-order valence-corrected chi connectivity index (χ2v) is 6.14. The topological polar surface area (TPSA) is 90.7 Å². The first-order valence-electron chi connectivity index (χ1n) is 6.58. The van der Waals surface area contributed by atoms with Crippen LogP contribution in [0.2, 0.25) is 5.02 Å². The van der Waals surface area contributed by atoms with Crippen LogP contribution in [-0.2, 0) is 9.53 Å². The summed E-state index contributed by atoms with van der Waals surface area (Å²) in [7, 11) is 0. The molecule has 3 saturated carbocycles. The molecule has 7 heteroatoms. The van der Waals surface area contributed by atoms with Crippen molar-refractivity contribution in [2.45, 2.75) is 30.4 Å². The zero-order chi connectivity index (χ0) is 15.1. The van der Waals surface area contributed by atoms with Crippen LogP contribution in [0.3, 0.4) is 0 Å². The van der Waals surface area contributed by atoms with Crippen molar-refractivity contribution < 1.29 is 19.1 Å². The maximum atomic E-state index is 11.8. The van der Waals surface area contributed by atoms with Crippen molar-refractivity contribution in [1.29, 1.82) is 0 Å². The molecule has 112 valence electrons. The van der Waals surface area contributed by atoms with E-state index in [9.17, 15) is 9.59 Å². The van der Waals surface area contributed by atoms with E-state index in [1.807, 2.05) is 0 Å². The van der Waals surface area contributed by atoms with Gasteiger partial charge in [0.25, 0.3) is 5.91 Å². The summed E-state index contributed by atoms with van der Waals surface area (Å²) in [6.45, 7) is -0.0624. The summed E-state index contributed by atoms with van der Waals surface area (Å²) in [6, 6.07) is 6.79. The number of carbonyl (C=O) groups excluding carboxylic acids is 2. The van der Waals surface area contributed by atoms with Crippen molar-refractivity contribution in [3.8, 4) is 5.75 Å². The Morgan fingerprint density at radius 1 is 1.24 bits per heavy atom. The van der Waals surface area contributed by atoms with Crippen molar-refractivity contribution >= 4 is 23.6 Å². The lowest BCUT2D eigenvalue weighted by Crippen LogP contribution is -2.80. The Hall–Kier alpha value is -1.95. The molecule has 1 aromatic carbocycles. The van der Waals surface area contributed by atoms with Gasteiger partial charge < -0.3 is 20.5 Å². The van der Waals surface area contributed by atoms with E-state index in [1.165, 1.54) is 0 Å². The van der Waals surface area contributed by atoms with Crippen molar-refractivity contribution in [3.05, 3.63) is 29.3 Å². The highest BCUT2D eigenvalue weighted by molar-refractivity contribution is 6.30. The monoisotopic (exact) mass is 310 g/mol. The normalized spacial score (nSPS) is 28.8. The average molecular weight is 311 g/mol. The van der Waals surface area contributed by atoms with Crippen LogP contribution in [0, 0.1) is 0 Å². The predicted octanol–water partition coefficient (Wildman–Crippen LogP) is 1.61. The number of halogens is 1. The number of rotatable bonds is 5. The van der Waals surface area contributed by atoms with Crippen LogP contribution in [0.5, 0.6) is 5.75 Å². The molecular formula is C14H15ClN2O4. The number of hydrogen-bond acceptors (Lipinski definition) is 4. The molecule has 3 aliphatic carbocycles. The molecule has 4 rings (SSSR count). The van der Waals surface area contributed by atoms with Gasteiger partial charge in [-0.05, 0) is 24.3 Å². The molecule has 3 fully saturated rings. The molecule has 0 aliphatic heterocycles. The van der Waals surface area contributed by atoms with E-state index in [2.05, 4.69) is 5.32 Å². The molecule has 21 heavy (non-hydrogen) atoms. The number of ether oxygens (including phenoxy) is 2. The molecule has 0 saturated heterocycles. The number of nitrogens with one attached hydrogen (secondary N) is 1. The summed E-state index contributed by atoms with van der Waals surface area (Å²) in [5, 5.41) is 3.53. The minimum absolute atomic E-state index is 0.0624. The maximum absolute atomic E-state index is 11.8. The van der Waals surface area contributed by atoms with Gasteiger partial charge in [-0.15, -0.1) is 0 Å². The van der Waals surface area contributed by atoms with Gasteiger partial charge in [0, 0.05) is 24.3 Å². The molecule has 2 bridgehead atoms. The van der Waals surface area contributed by atoms with Crippen molar-refractivity contribution in [3.63, 3.8) is 0 Å². The molecule has 3 aliphatic rings. The van der Waals surface area contributed by atoms with Crippen LogP contribution in [0.4, 0.5) is 4.79 Å². The zero-order valence-corrected chi connectivity index (χ0v) is 12.0. The summed E-state index contributed by atoms with van der Waals surface area (Å²) in [5.41, 5.74) is 4.30. The Morgan fingerprint density at radius 3 is 2.43 bits per heavy atom. The van der Waals surface area contributed by atoms with Crippen LogP contribution >= 0.6 is 11.6 Å². The van der Waals surface area contributed by atoms with Gasteiger partial charge in [0.15, 0.2) is 6.61 Å². The van der Waals surface area contributed by atoms with E-state index in [4.69, 9.17) is 26.8 Å². The lowest BCUT2D eigenvalue weighted by atomic mass is 9.46. The lowest BCUT2D eigenvalue weighted by molar-refractivity contribution is -0.218. The number of benzene rings is 1. The molecule has 0 atom stereocenters. The Bertz CT molecular complexity index is 567. The first-order chi connectivity index (χ1) is 9.90. The fourth-order valence-electron chi connectivity index (χ4n) is 3.16. The first kappa shape index (κ1) is 14.0.